The molecule has 4 rings (SSSR count). The third-order valence-corrected chi connectivity index (χ3v) is 5.91. The first kappa shape index (κ1) is 23.7. The van der Waals surface area contributed by atoms with Gasteiger partial charge in [-0.15, -0.1) is 0 Å². The van der Waals surface area contributed by atoms with E-state index in [1.165, 1.54) is 11.1 Å². The Hall–Kier alpha value is -3.48. The fourth-order valence-corrected chi connectivity index (χ4v) is 4.01. The van der Waals surface area contributed by atoms with Crippen molar-refractivity contribution in [3.05, 3.63) is 101 Å². The Labute approximate surface area is 201 Å². The standard InChI is InChI=1S/C28H32N4O2/c1-2-34-27-14-10-23(11-15-27)20-29-30-28(33)26-12-8-25(9-13-26)22-32-18-16-31(17-19-32)21-24-6-4-3-5-7-24/h3-15,20H,2,16-19,21-22H2,1H3,(H,30,33)/b29-20-. The third-order valence-electron chi connectivity index (χ3n) is 5.91. The molecule has 0 aliphatic carbocycles. The van der Waals surface area contributed by atoms with Crippen LogP contribution in [0.4, 0.5) is 0 Å². The molecule has 3 aromatic rings. The van der Waals surface area contributed by atoms with Crippen molar-refractivity contribution in [2.24, 2.45) is 5.10 Å². The fraction of sp³-hybridized carbons (Fsp3) is 0.286. The van der Waals surface area contributed by atoms with Crippen LogP contribution in [0.2, 0.25) is 0 Å². The van der Waals surface area contributed by atoms with Crippen LogP contribution in [0.1, 0.15) is 34.0 Å². The molecule has 34 heavy (non-hydrogen) atoms. The molecule has 1 aliphatic rings. The summed E-state index contributed by atoms with van der Waals surface area (Å²) >= 11 is 0. The van der Waals surface area contributed by atoms with Crippen molar-refractivity contribution in [1.82, 2.24) is 15.2 Å². The Kier molecular flexibility index (Phi) is 8.43. The van der Waals surface area contributed by atoms with Crippen LogP contribution in [0, 0.1) is 0 Å². The van der Waals surface area contributed by atoms with E-state index in [0.29, 0.717) is 12.2 Å². The zero-order valence-corrected chi connectivity index (χ0v) is 19.7. The molecule has 0 unspecified atom stereocenters. The molecule has 1 aliphatic heterocycles. The summed E-state index contributed by atoms with van der Waals surface area (Å²) in [6, 6.07) is 26.0. The second-order valence-corrected chi connectivity index (χ2v) is 8.44. The molecular weight excluding hydrogens is 424 g/mol. The van der Waals surface area contributed by atoms with E-state index in [0.717, 1.165) is 50.6 Å². The highest BCUT2D eigenvalue weighted by Crippen LogP contribution is 2.13. The lowest BCUT2D eigenvalue weighted by molar-refractivity contribution is 0.0955. The highest BCUT2D eigenvalue weighted by molar-refractivity contribution is 5.94. The number of amides is 1. The van der Waals surface area contributed by atoms with Crippen LogP contribution in [0.5, 0.6) is 5.75 Å². The van der Waals surface area contributed by atoms with Crippen LogP contribution in [0.25, 0.3) is 0 Å². The van der Waals surface area contributed by atoms with Crippen LogP contribution >= 0.6 is 0 Å². The van der Waals surface area contributed by atoms with Crippen LogP contribution in [-0.2, 0) is 13.1 Å². The molecular formula is C28H32N4O2. The molecule has 176 valence electrons. The normalized spacial score (nSPS) is 14.9. The molecule has 1 saturated heterocycles. The van der Waals surface area contributed by atoms with Crippen LogP contribution in [0.15, 0.2) is 84.0 Å². The summed E-state index contributed by atoms with van der Waals surface area (Å²) in [7, 11) is 0. The van der Waals surface area contributed by atoms with Crippen molar-refractivity contribution < 1.29 is 9.53 Å². The lowest BCUT2D eigenvalue weighted by Gasteiger charge is -2.34. The number of rotatable bonds is 9. The van der Waals surface area contributed by atoms with Gasteiger partial charge in [0, 0.05) is 44.8 Å². The Bertz CT molecular complexity index is 1060. The van der Waals surface area contributed by atoms with Crippen molar-refractivity contribution in [2.75, 3.05) is 32.8 Å². The highest BCUT2D eigenvalue weighted by atomic mass is 16.5. The smallest absolute Gasteiger partial charge is 0.271 e. The predicted molar refractivity (Wildman–Crippen MR) is 136 cm³/mol. The first-order valence-electron chi connectivity index (χ1n) is 11.8. The predicted octanol–water partition coefficient (Wildman–Crippen LogP) is 4.17. The maximum absolute atomic E-state index is 12.4. The molecule has 1 fully saturated rings. The van der Waals surface area contributed by atoms with Gasteiger partial charge in [-0.2, -0.15) is 5.10 Å². The lowest BCUT2D eigenvalue weighted by Crippen LogP contribution is -2.45. The third kappa shape index (κ3) is 7.01. The van der Waals surface area contributed by atoms with E-state index in [4.69, 9.17) is 4.74 Å². The summed E-state index contributed by atoms with van der Waals surface area (Å²) in [5, 5.41) is 4.07. The summed E-state index contributed by atoms with van der Waals surface area (Å²) < 4.78 is 5.43. The molecule has 0 saturated carbocycles. The number of ether oxygens (including phenoxy) is 1. The summed E-state index contributed by atoms with van der Waals surface area (Å²) in [5.74, 6) is 0.598. The minimum Gasteiger partial charge on any atom is -0.494 e. The van der Waals surface area contributed by atoms with Crippen molar-refractivity contribution >= 4 is 12.1 Å². The molecule has 0 bridgehead atoms. The van der Waals surface area contributed by atoms with Gasteiger partial charge in [0.25, 0.3) is 5.91 Å². The average Bonchev–Trinajstić information content (AvgIpc) is 2.87. The number of hydrazone groups is 1. The largest absolute Gasteiger partial charge is 0.494 e. The van der Waals surface area contributed by atoms with E-state index in [1.807, 2.05) is 55.5 Å². The zero-order valence-electron chi connectivity index (χ0n) is 19.7. The number of nitrogens with zero attached hydrogens (tertiary/aromatic N) is 3. The Morgan fingerprint density at radius 2 is 1.44 bits per heavy atom. The molecule has 0 radical (unpaired) electrons. The van der Waals surface area contributed by atoms with E-state index in [-0.39, 0.29) is 5.91 Å². The number of nitrogens with one attached hydrogen (secondary N) is 1. The van der Waals surface area contributed by atoms with E-state index in [9.17, 15) is 4.79 Å². The molecule has 0 aromatic heterocycles. The van der Waals surface area contributed by atoms with E-state index < -0.39 is 0 Å². The summed E-state index contributed by atoms with van der Waals surface area (Å²) in [6.45, 7) is 8.74. The SMILES string of the molecule is CCOc1ccc(/C=N\NC(=O)c2ccc(CN3CCN(Cc4ccccc4)CC3)cc2)cc1. The van der Waals surface area contributed by atoms with Gasteiger partial charge in [-0.25, -0.2) is 5.43 Å². The summed E-state index contributed by atoms with van der Waals surface area (Å²) in [4.78, 5) is 17.4. The zero-order chi connectivity index (χ0) is 23.6. The molecule has 1 N–H and O–H groups in total. The van der Waals surface area contributed by atoms with Gasteiger partial charge in [-0.1, -0.05) is 42.5 Å². The van der Waals surface area contributed by atoms with Crippen LogP contribution < -0.4 is 10.2 Å². The number of carbonyl (C=O) groups excluding carboxylic acids is 1. The molecule has 1 heterocycles. The van der Waals surface area contributed by atoms with Gasteiger partial charge in [-0.3, -0.25) is 14.6 Å². The molecule has 6 heteroatoms. The Morgan fingerprint density at radius 3 is 2.03 bits per heavy atom. The van der Waals surface area contributed by atoms with E-state index in [1.54, 1.807) is 6.21 Å². The number of benzene rings is 3. The van der Waals surface area contributed by atoms with Gasteiger partial charge >= 0.3 is 0 Å². The van der Waals surface area contributed by atoms with Crippen LogP contribution in [-0.4, -0.2) is 54.7 Å². The van der Waals surface area contributed by atoms with Gasteiger partial charge in [0.2, 0.25) is 0 Å². The Balaban J connectivity index is 1.21. The number of hydrogen-bond acceptors (Lipinski definition) is 5. The lowest BCUT2D eigenvalue weighted by atomic mass is 10.1. The molecule has 0 atom stereocenters. The maximum Gasteiger partial charge on any atom is 0.271 e. The minimum atomic E-state index is -0.219. The monoisotopic (exact) mass is 456 g/mol. The topological polar surface area (TPSA) is 57.2 Å². The van der Waals surface area contributed by atoms with Gasteiger partial charge < -0.3 is 4.74 Å². The summed E-state index contributed by atoms with van der Waals surface area (Å²) in [6.07, 6.45) is 1.62. The summed E-state index contributed by atoms with van der Waals surface area (Å²) in [5.41, 5.74) is 6.67. The maximum atomic E-state index is 12.4. The van der Waals surface area contributed by atoms with Crippen LogP contribution in [0.3, 0.4) is 0 Å². The number of piperazine rings is 1. The molecule has 6 nitrogen and oxygen atoms in total. The Morgan fingerprint density at radius 1 is 0.853 bits per heavy atom. The van der Waals surface area contributed by atoms with E-state index in [2.05, 4.69) is 50.7 Å². The number of carbonyl (C=O) groups is 1. The second kappa shape index (κ2) is 12.1. The quantitative estimate of drug-likeness (QED) is 0.388. The minimum absolute atomic E-state index is 0.219. The average molecular weight is 457 g/mol. The molecule has 1 amide bonds. The van der Waals surface area contributed by atoms with Gasteiger partial charge in [0.1, 0.15) is 5.75 Å². The molecule has 3 aromatic carbocycles. The van der Waals surface area contributed by atoms with Crippen molar-refractivity contribution in [3.8, 4) is 5.75 Å². The second-order valence-electron chi connectivity index (χ2n) is 8.44. The highest BCUT2D eigenvalue weighted by Gasteiger charge is 2.17. The first-order chi connectivity index (χ1) is 16.7. The van der Waals surface area contributed by atoms with Gasteiger partial charge in [0.05, 0.1) is 12.8 Å². The van der Waals surface area contributed by atoms with E-state index >= 15 is 0 Å². The molecule has 0 spiro atoms. The van der Waals surface area contributed by atoms with Crippen molar-refractivity contribution in [3.63, 3.8) is 0 Å². The fourth-order valence-electron chi connectivity index (χ4n) is 4.01. The van der Waals surface area contributed by atoms with Gasteiger partial charge in [-0.05, 0) is 60.0 Å². The van der Waals surface area contributed by atoms with Crippen molar-refractivity contribution in [2.45, 2.75) is 20.0 Å². The van der Waals surface area contributed by atoms with Gasteiger partial charge in [0.15, 0.2) is 0 Å². The first-order valence-corrected chi connectivity index (χ1v) is 11.8. The number of hydrogen-bond donors (Lipinski definition) is 1. The van der Waals surface area contributed by atoms with Crippen molar-refractivity contribution in [1.29, 1.82) is 0 Å².